The van der Waals surface area contributed by atoms with E-state index < -0.39 is 53.9 Å². The van der Waals surface area contributed by atoms with Gasteiger partial charge in [0.25, 0.3) is 17.9 Å². The number of rotatable bonds is 8. The van der Waals surface area contributed by atoms with Gasteiger partial charge in [0.1, 0.15) is 29.6 Å². The van der Waals surface area contributed by atoms with E-state index in [1.165, 1.54) is 36.7 Å². The Morgan fingerprint density at radius 3 is 2.39 bits per heavy atom. The van der Waals surface area contributed by atoms with Crippen molar-refractivity contribution in [1.82, 2.24) is 20.1 Å². The first-order chi connectivity index (χ1) is 16.8. The molecule has 1 amide bonds. The highest BCUT2D eigenvalue weighted by Crippen LogP contribution is 2.26. The van der Waals surface area contributed by atoms with Crippen LogP contribution < -0.4 is 15.6 Å². The molecule has 3 aromatic rings. The van der Waals surface area contributed by atoms with Crippen LogP contribution in [0.15, 0.2) is 59.7 Å². The van der Waals surface area contributed by atoms with Crippen molar-refractivity contribution in [2.24, 2.45) is 0 Å². The Hall–Kier alpha value is -3.94. The van der Waals surface area contributed by atoms with Crippen molar-refractivity contribution >= 4 is 5.91 Å². The monoisotopic (exact) mass is 516 g/mol. The average Bonchev–Trinajstić information content (AvgIpc) is 2.82. The van der Waals surface area contributed by atoms with Gasteiger partial charge >= 0.3 is 6.36 Å². The standard InChI is InChI=1S/C22H18F6N4O4/c1-21(35,11-23)17(18(24)25)30-19(33)15-9-16(12-4-6-14(7-5-12)36-22(26,27)28)31-32(20(15)34)13-3-2-8-29-10-13/h2-10,17-18,35H,11H2,1H3,(H,30,33)/t17-,21?/m0/s1. The molecule has 0 spiro atoms. The fraction of sp³-hybridized carbons (Fsp3) is 0.273. The fourth-order valence-corrected chi connectivity index (χ4v) is 3.07. The summed E-state index contributed by atoms with van der Waals surface area (Å²) < 4.78 is 81.9. The van der Waals surface area contributed by atoms with Crippen molar-refractivity contribution in [2.75, 3.05) is 6.67 Å². The number of amides is 1. The SMILES string of the molecule is CC(O)(CF)[C@@H](NC(=O)c1cc(-c2ccc(OC(F)(F)F)cc2)nn(-c2cccnc2)c1=O)C(F)F. The molecule has 0 aliphatic carbocycles. The topological polar surface area (TPSA) is 106 Å². The molecule has 0 aliphatic rings. The molecule has 2 heterocycles. The number of ether oxygens (including phenoxy) is 1. The van der Waals surface area contributed by atoms with Crippen molar-refractivity contribution in [3.05, 3.63) is 70.8 Å². The van der Waals surface area contributed by atoms with Crippen LogP contribution in [-0.2, 0) is 0 Å². The van der Waals surface area contributed by atoms with Gasteiger partial charge in [-0.1, -0.05) is 0 Å². The normalized spacial score (nSPS) is 14.2. The molecule has 0 radical (unpaired) electrons. The van der Waals surface area contributed by atoms with Crippen molar-refractivity contribution in [3.63, 3.8) is 0 Å². The van der Waals surface area contributed by atoms with Crippen molar-refractivity contribution in [2.45, 2.75) is 31.4 Å². The molecule has 0 saturated carbocycles. The highest BCUT2D eigenvalue weighted by molar-refractivity contribution is 5.95. The summed E-state index contributed by atoms with van der Waals surface area (Å²) in [7, 11) is 0. The largest absolute Gasteiger partial charge is 0.573 e. The molecule has 192 valence electrons. The van der Waals surface area contributed by atoms with Crippen LogP contribution in [0.3, 0.4) is 0 Å². The summed E-state index contributed by atoms with van der Waals surface area (Å²) >= 11 is 0. The van der Waals surface area contributed by atoms with E-state index >= 15 is 0 Å². The Morgan fingerprint density at radius 2 is 1.86 bits per heavy atom. The van der Waals surface area contributed by atoms with Crippen LogP contribution in [0.25, 0.3) is 16.9 Å². The fourth-order valence-electron chi connectivity index (χ4n) is 3.07. The number of hydrogen-bond acceptors (Lipinski definition) is 6. The number of nitrogens with zero attached hydrogens (tertiary/aromatic N) is 3. The van der Waals surface area contributed by atoms with Crippen LogP contribution in [0.5, 0.6) is 5.75 Å². The summed E-state index contributed by atoms with van der Waals surface area (Å²) in [4.78, 5) is 29.7. The highest BCUT2D eigenvalue weighted by atomic mass is 19.4. The molecule has 0 aliphatic heterocycles. The summed E-state index contributed by atoms with van der Waals surface area (Å²) in [6, 6.07) is 5.68. The van der Waals surface area contributed by atoms with E-state index in [2.05, 4.69) is 14.8 Å². The van der Waals surface area contributed by atoms with Crippen LogP contribution in [0.4, 0.5) is 26.3 Å². The number of aliphatic hydroxyl groups is 1. The number of pyridine rings is 1. The molecule has 8 nitrogen and oxygen atoms in total. The van der Waals surface area contributed by atoms with Gasteiger partial charge < -0.3 is 15.2 Å². The first-order valence-corrected chi connectivity index (χ1v) is 10.1. The molecule has 3 rings (SSSR count). The number of carbonyl (C=O) groups is 1. The summed E-state index contributed by atoms with van der Waals surface area (Å²) in [6.45, 7) is -0.864. The highest BCUT2D eigenvalue weighted by Gasteiger charge is 2.40. The lowest BCUT2D eigenvalue weighted by Gasteiger charge is -2.30. The second-order valence-corrected chi connectivity index (χ2v) is 7.72. The van der Waals surface area contributed by atoms with E-state index in [0.29, 0.717) is 0 Å². The Labute approximate surface area is 199 Å². The van der Waals surface area contributed by atoms with Gasteiger partial charge in [0.15, 0.2) is 0 Å². The van der Waals surface area contributed by atoms with Crippen LogP contribution in [0, 0.1) is 0 Å². The lowest BCUT2D eigenvalue weighted by molar-refractivity contribution is -0.274. The summed E-state index contributed by atoms with van der Waals surface area (Å²) in [5.74, 6) is -1.91. The first kappa shape index (κ1) is 26.7. The quantitative estimate of drug-likeness (QED) is 0.446. The number of halogens is 6. The maximum absolute atomic E-state index is 13.5. The van der Waals surface area contributed by atoms with Gasteiger partial charge in [-0.05, 0) is 49.4 Å². The molecule has 0 saturated heterocycles. The van der Waals surface area contributed by atoms with Gasteiger partial charge in [-0.2, -0.15) is 9.78 Å². The van der Waals surface area contributed by atoms with E-state index in [1.54, 1.807) is 5.32 Å². The second kappa shape index (κ2) is 10.4. The summed E-state index contributed by atoms with van der Waals surface area (Å²) in [5, 5.41) is 15.8. The third-order valence-electron chi connectivity index (χ3n) is 4.91. The number of alkyl halides is 6. The number of carbonyl (C=O) groups excluding carboxylic acids is 1. The molecule has 2 N–H and O–H groups in total. The van der Waals surface area contributed by atoms with E-state index in [-0.39, 0.29) is 16.9 Å². The molecule has 0 bridgehead atoms. The maximum Gasteiger partial charge on any atom is 0.573 e. The van der Waals surface area contributed by atoms with Gasteiger partial charge in [-0.15, -0.1) is 13.2 Å². The number of hydrogen-bond donors (Lipinski definition) is 2. The zero-order chi connectivity index (χ0) is 26.7. The minimum atomic E-state index is -4.93. The molecular formula is C22H18F6N4O4. The Bertz CT molecular complexity index is 1260. The van der Waals surface area contributed by atoms with Crippen molar-refractivity contribution < 1.29 is 41.0 Å². The Morgan fingerprint density at radius 1 is 1.19 bits per heavy atom. The van der Waals surface area contributed by atoms with E-state index in [1.807, 2.05) is 0 Å². The molecule has 36 heavy (non-hydrogen) atoms. The zero-order valence-electron chi connectivity index (χ0n) is 18.3. The van der Waals surface area contributed by atoms with Crippen LogP contribution in [-0.4, -0.2) is 56.9 Å². The van der Waals surface area contributed by atoms with E-state index in [4.69, 9.17) is 0 Å². The average molecular weight is 516 g/mol. The molecular weight excluding hydrogens is 498 g/mol. The van der Waals surface area contributed by atoms with Crippen LogP contribution >= 0.6 is 0 Å². The minimum absolute atomic E-state index is 0.0802. The predicted octanol–water partition coefficient (Wildman–Crippen LogP) is 3.28. The van der Waals surface area contributed by atoms with Crippen LogP contribution in [0.1, 0.15) is 17.3 Å². The number of aromatic nitrogens is 3. The van der Waals surface area contributed by atoms with Crippen molar-refractivity contribution in [3.8, 4) is 22.7 Å². The van der Waals surface area contributed by atoms with Gasteiger partial charge in [0.2, 0.25) is 0 Å². The Kier molecular flexibility index (Phi) is 7.67. The molecule has 2 atom stereocenters. The van der Waals surface area contributed by atoms with Gasteiger partial charge in [0, 0.05) is 11.8 Å². The summed E-state index contributed by atoms with van der Waals surface area (Å²) in [6.07, 6.45) is -5.71. The smallest absolute Gasteiger partial charge is 0.406 e. The number of nitrogens with one attached hydrogen (secondary N) is 1. The second-order valence-electron chi connectivity index (χ2n) is 7.72. The molecule has 1 unspecified atom stereocenters. The third kappa shape index (κ3) is 6.19. The van der Waals surface area contributed by atoms with E-state index in [9.17, 15) is 41.0 Å². The Balaban J connectivity index is 2.10. The van der Waals surface area contributed by atoms with Crippen LogP contribution in [0.2, 0.25) is 0 Å². The molecule has 1 aromatic carbocycles. The molecule has 0 fully saturated rings. The predicted molar refractivity (Wildman–Crippen MR) is 114 cm³/mol. The lowest BCUT2D eigenvalue weighted by Crippen LogP contribution is -2.57. The van der Waals surface area contributed by atoms with Gasteiger partial charge in [-0.25, -0.2) is 13.2 Å². The lowest BCUT2D eigenvalue weighted by atomic mass is 9.98. The van der Waals surface area contributed by atoms with Crippen molar-refractivity contribution in [1.29, 1.82) is 0 Å². The first-order valence-electron chi connectivity index (χ1n) is 10.1. The zero-order valence-corrected chi connectivity index (χ0v) is 18.3. The van der Waals surface area contributed by atoms with Gasteiger partial charge in [-0.3, -0.25) is 14.6 Å². The van der Waals surface area contributed by atoms with Gasteiger partial charge in [0.05, 0.1) is 17.6 Å². The maximum atomic E-state index is 13.5. The minimum Gasteiger partial charge on any atom is -0.406 e. The van der Waals surface area contributed by atoms with E-state index in [0.717, 1.165) is 29.8 Å². The molecule has 14 heteroatoms. The molecule has 2 aromatic heterocycles. The number of benzene rings is 1. The third-order valence-corrected chi connectivity index (χ3v) is 4.91. The summed E-state index contributed by atoms with van der Waals surface area (Å²) in [5.41, 5.74) is -4.30.